The number of aromatic nitrogens is 3. The van der Waals surface area contributed by atoms with Crippen LogP contribution in [-0.2, 0) is 9.53 Å². The second kappa shape index (κ2) is 7.92. The summed E-state index contributed by atoms with van der Waals surface area (Å²) in [5, 5.41) is 9.59. The molecule has 1 aromatic carbocycles. The second-order valence-electron chi connectivity index (χ2n) is 7.26. The quantitative estimate of drug-likeness (QED) is 0.715. The Balaban J connectivity index is 1.73. The predicted molar refractivity (Wildman–Crippen MR) is 104 cm³/mol. The van der Waals surface area contributed by atoms with Gasteiger partial charge in [0.1, 0.15) is 17.1 Å². The van der Waals surface area contributed by atoms with E-state index in [1.807, 2.05) is 31.2 Å². The lowest BCUT2D eigenvalue weighted by Crippen LogP contribution is -2.17. The summed E-state index contributed by atoms with van der Waals surface area (Å²) in [5.41, 5.74) is 0.937. The summed E-state index contributed by atoms with van der Waals surface area (Å²) in [4.78, 5) is 12.1. The van der Waals surface area contributed by atoms with E-state index in [-0.39, 0.29) is 17.3 Å². The molecule has 0 N–H and O–H groups in total. The molecule has 6 nitrogen and oxygen atoms in total. The van der Waals surface area contributed by atoms with Crippen molar-refractivity contribution in [3.63, 3.8) is 0 Å². The summed E-state index contributed by atoms with van der Waals surface area (Å²) in [7, 11) is 1.67. The molecule has 1 saturated carbocycles. The Morgan fingerprint density at radius 1 is 1.19 bits per heavy atom. The van der Waals surface area contributed by atoms with Crippen molar-refractivity contribution in [1.29, 1.82) is 0 Å². The van der Waals surface area contributed by atoms with Gasteiger partial charge >= 0.3 is 5.97 Å². The maximum atomic E-state index is 12.1. The summed E-state index contributed by atoms with van der Waals surface area (Å²) in [6.07, 6.45) is 6.60. The van der Waals surface area contributed by atoms with Crippen LogP contribution in [0, 0.1) is 0 Å². The molecule has 1 aliphatic heterocycles. The number of para-hydroxylation sites is 1. The first kappa shape index (κ1) is 18.3. The van der Waals surface area contributed by atoms with Crippen molar-refractivity contribution in [2.45, 2.75) is 68.0 Å². The molecule has 4 rings (SSSR count). The van der Waals surface area contributed by atoms with Crippen LogP contribution >= 0.6 is 11.8 Å². The molecular formula is C20H25N3O3S. The van der Waals surface area contributed by atoms with E-state index in [1.54, 1.807) is 7.11 Å². The second-order valence-corrected chi connectivity index (χ2v) is 8.43. The highest BCUT2D eigenvalue weighted by molar-refractivity contribution is 8.00. The van der Waals surface area contributed by atoms with Gasteiger partial charge in [-0.05, 0) is 31.9 Å². The van der Waals surface area contributed by atoms with Crippen molar-refractivity contribution in [1.82, 2.24) is 14.8 Å². The lowest BCUT2D eigenvalue weighted by molar-refractivity contribution is -0.140. The lowest BCUT2D eigenvalue weighted by atomic mass is 9.95. The number of rotatable bonds is 5. The molecule has 2 heterocycles. The van der Waals surface area contributed by atoms with Crippen LogP contribution in [0.25, 0.3) is 11.4 Å². The molecule has 2 aliphatic rings. The molecule has 0 bridgehead atoms. The number of carbonyl (C=O) groups is 1. The molecule has 0 amide bonds. The number of ether oxygens (including phenoxy) is 2. The van der Waals surface area contributed by atoms with Gasteiger partial charge in [-0.15, -0.1) is 10.2 Å². The van der Waals surface area contributed by atoms with E-state index in [0.29, 0.717) is 12.5 Å². The first-order valence-corrected chi connectivity index (χ1v) is 10.5. The summed E-state index contributed by atoms with van der Waals surface area (Å²) >= 11 is 1.49. The molecule has 0 spiro atoms. The Morgan fingerprint density at radius 2 is 1.96 bits per heavy atom. The van der Waals surface area contributed by atoms with E-state index in [1.165, 1.54) is 31.0 Å². The van der Waals surface area contributed by atoms with Crippen molar-refractivity contribution in [2.75, 3.05) is 7.11 Å². The van der Waals surface area contributed by atoms with E-state index >= 15 is 0 Å². The van der Waals surface area contributed by atoms with E-state index in [9.17, 15) is 4.79 Å². The van der Waals surface area contributed by atoms with Gasteiger partial charge in [0.05, 0.1) is 12.7 Å². The number of thioether (sulfide) groups is 1. The van der Waals surface area contributed by atoms with Gasteiger partial charge in [0.25, 0.3) is 0 Å². The van der Waals surface area contributed by atoms with Crippen molar-refractivity contribution in [3.8, 4) is 17.1 Å². The van der Waals surface area contributed by atoms with Gasteiger partial charge in [-0.3, -0.25) is 9.36 Å². The summed E-state index contributed by atoms with van der Waals surface area (Å²) in [5.74, 6) is 1.46. The number of hydrogen-bond donors (Lipinski definition) is 0. The number of benzene rings is 1. The first-order valence-electron chi connectivity index (χ1n) is 9.63. The molecular weight excluding hydrogens is 362 g/mol. The molecule has 0 unspecified atom stereocenters. The summed E-state index contributed by atoms with van der Waals surface area (Å²) in [6, 6.07) is 8.25. The van der Waals surface area contributed by atoms with Crippen LogP contribution in [0.1, 0.15) is 51.5 Å². The fourth-order valence-electron chi connectivity index (χ4n) is 3.98. The molecule has 27 heavy (non-hydrogen) atoms. The van der Waals surface area contributed by atoms with Gasteiger partial charge in [0, 0.05) is 12.5 Å². The Morgan fingerprint density at radius 3 is 2.67 bits per heavy atom. The molecule has 1 saturated heterocycles. The van der Waals surface area contributed by atoms with Gasteiger partial charge in [-0.2, -0.15) is 0 Å². The van der Waals surface area contributed by atoms with Crippen LogP contribution < -0.4 is 4.74 Å². The highest BCUT2D eigenvalue weighted by Gasteiger charge is 2.35. The largest absolute Gasteiger partial charge is 0.496 e. The van der Waals surface area contributed by atoms with Gasteiger partial charge < -0.3 is 9.47 Å². The van der Waals surface area contributed by atoms with E-state index in [0.717, 1.165) is 35.1 Å². The topological polar surface area (TPSA) is 66.2 Å². The third-order valence-corrected chi connectivity index (χ3v) is 6.48. The number of carbonyl (C=O) groups excluding carboxylic acids is 1. The van der Waals surface area contributed by atoms with Gasteiger partial charge in [-0.1, -0.05) is 43.2 Å². The van der Waals surface area contributed by atoms with E-state index < -0.39 is 0 Å². The third kappa shape index (κ3) is 3.70. The molecule has 2 aromatic rings. The van der Waals surface area contributed by atoms with Crippen LogP contribution in [0.4, 0.5) is 0 Å². The van der Waals surface area contributed by atoms with Gasteiger partial charge in [-0.25, -0.2) is 0 Å². The highest BCUT2D eigenvalue weighted by Crippen LogP contribution is 2.40. The standard InChI is InChI=1S/C20H25N3O3S/c1-13-12-17(19(24)26-13)27-20-22-21-18(15-10-6-7-11-16(15)25-2)23(20)14-8-4-3-5-9-14/h6-7,10-11,13-14,17H,3-5,8-9,12H2,1-2H3/t13-,17-/m1/s1. The van der Waals surface area contributed by atoms with Crippen LogP contribution in [0.15, 0.2) is 29.4 Å². The predicted octanol–water partition coefficient (Wildman–Crippen LogP) is 4.26. The van der Waals surface area contributed by atoms with Gasteiger partial charge in [0.2, 0.25) is 0 Å². The minimum Gasteiger partial charge on any atom is -0.496 e. The SMILES string of the molecule is COc1ccccc1-c1nnc(S[C@@H]2C[C@@H](C)OC2=O)n1C1CCCCC1. The van der Waals surface area contributed by atoms with E-state index in [4.69, 9.17) is 9.47 Å². The molecule has 1 aromatic heterocycles. The monoisotopic (exact) mass is 387 g/mol. The van der Waals surface area contributed by atoms with Crippen LogP contribution in [0.5, 0.6) is 5.75 Å². The zero-order chi connectivity index (χ0) is 18.8. The number of methoxy groups -OCH3 is 1. The lowest BCUT2D eigenvalue weighted by Gasteiger charge is -2.26. The number of hydrogen-bond acceptors (Lipinski definition) is 6. The fourth-order valence-corrected chi connectivity index (χ4v) is 5.19. The number of esters is 1. The Hall–Kier alpha value is -2.02. The van der Waals surface area contributed by atoms with Crippen LogP contribution in [0.3, 0.4) is 0 Å². The van der Waals surface area contributed by atoms with Crippen molar-refractivity contribution in [2.24, 2.45) is 0 Å². The minimum absolute atomic E-state index is 0.0326. The number of nitrogens with zero attached hydrogens (tertiary/aromatic N) is 3. The van der Waals surface area contributed by atoms with Crippen molar-refractivity contribution < 1.29 is 14.3 Å². The van der Waals surface area contributed by atoms with Crippen LogP contribution in [0.2, 0.25) is 0 Å². The fraction of sp³-hybridized carbons (Fsp3) is 0.550. The zero-order valence-corrected chi connectivity index (χ0v) is 16.6. The average molecular weight is 388 g/mol. The summed E-state index contributed by atoms with van der Waals surface area (Å²) < 4.78 is 13.1. The smallest absolute Gasteiger partial charge is 0.319 e. The Bertz CT molecular complexity index is 817. The maximum Gasteiger partial charge on any atom is 0.319 e. The molecule has 1 aliphatic carbocycles. The maximum absolute atomic E-state index is 12.1. The molecule has 144 valence electrons. The Labute approximate surface area is 163 Å². The third-order valence-electron chi connectivity index (χ3n) is 5.33. The zero-order valence-electron chi connectivity index (χ0n) is 15.8. The van der Waals surface area contributed by atoms with Crippen molar-refractivity contribution in [3.05, 3.63) is 24.3 Å². The van der Waals surface area contributed by atoms with E-state index in [2.05, 4.69) is 14.8 Å². The van der Waals surface area contributed by atoms with Gasteiger partial charge in [0.15, 0.2) is 11.0 Å². The van der Waals surface area contributed by atoms with Crippen molar-refractivity contribution >= 4 is 17.7 Å². The molecule has 7 heteroatoms. The molecule has 0 radical (unpaired) electrons. The minimum atomic E-state index is -0.211. The van der Waals surface area contributed by atoms with Crippen LogP contribution in [-0.4, -0.2) is 39.2 Å². The summed E-state index contributed by atoms with van der Waals surface area (Å²) in [6.45, 7) is 1.94. The first-order chi connectivity index (χ1) is 13.2. The molecule has 2 atom stereocenters. The Kier molecular flexibility index (Phi) is 5.38. The normalized spacial score (nSPS) is 23.4. The number of cyclic esters (lactones) is 1. The molecule has 2 fully saturated rings. The average Bonchev–Trinajstić information content (AvgIpc) is 3.25. The highest BCUT2D eigenvalue weighted by atomic mass is 32.2.